The number of hydrogen-bond donors (Lipinski definition) is 1. The van der Waals surface area contributed by atoms with E-state index in [0.717, 1.165) is 0 Å². The monoisotopic (exact) mass is 153 g/mol. The summed E-state index contributed by atoms with van der Waals surface area (Å²) in [6.45, 7) is 1.78. The van der Waals surface area contributed by atoms with Gasteiger partial charge in [-0.3, -0.25) is 4.79 Å². The van der Waals surface area contributed by atoms with Crippen molar-refractivity contribution in [2.75, 3.05) is 0 Å². The van der Waals surface area contributed by atoms with Gasteiger partial charge in [0.15, 0.2) is 0 Å². The second kappa shape index (κ2) is 8.43. The van der Waals surface area contributed by atoms with Crippen LogP contribution in [0.2, 0.25) is 0 Å². The predicted molar refractivity (Wildman–Crippen MR) is 34.9 cm³/mol. The number of nitrogens with one attached hydrogen (secondary N) is 1. The van der Waals surface area contributed by atoms with Crippen LogP contribution in [0.5, 0.6) is 0 Å². The molecule has 0 aliphatic heterocycles. The Hall–Kier alpha value is 0.430. The van der Waals surface area contributed by atoms with E-state index in [2.05, 4.69) is 17.9 Å². The number of hydrogen-bond acceptors (Lipinski definition) is 2. The van der Waals surface area contributed by atoms with Gasteiger partial charge in [0.2, 0.25) is 5.91 Å². The Labute approximate surface area is 82.8 Å². The molecule has 0 saturated heterocycles. The zero-order valence-corrected chi connectivity index (χ0v) is 8.49. The minimum Gasteiger partial charge on any atom is -0.786 e. The Morgan fingerprint density at radius 1 is 1.78 bits per heavy atom. The molecule has 0 aliphatic rings. The van der Waals surface area contributed by atoms with E-state index in [0.29, 0.717) is 6.42 Å². The molecule has 0 aromatic carbocycles. The molecule has 0 heterocycles. The van der Waals surface area contributed by atoms with Gasteiger partial charge in [0.1, 0.15) is 0 Å². The van der Waals surface area contributed by atoms with Gasteiger partial charge in [0.25, 0.3) is 0 Å². The summed E-state index contributed by atoms with van der Waals surface area (Å²) in [6, 6.07) is 0. The largest absolute Gasteiger partial charge is 1.00 e. The molecule has 0 radical (unpaired) electrons. The Bertz CT molecular complexity index is 105. The molecular weight excluding hydrogens is 145 g/mol. The van der Waals surface area contributed by atoms with Gasteiger partial charge < -0.3 is 17.9 Å². The van der Waals surface area contributed by atoms with Crippen molar-refractivity contribution in [3.8, 4) is 0 Å². The van der Waals surface area contributed by atoms with Crippen molar-refractivity contribution in [3.63, 3.8) is 0 Å². The van der Waals surface area contributed by atoms with Crippen molar-refractivity contribution in [3.05, 3.63) is 11.6 Å². The van der Waals surface area contributed by atoms with Gasteiger partial charge in [-0.25, -0.2) is 0 Å². The fourth-order valence-electron chi connectivity index (χ4n) is 0.229. The van der Waals surface area contributed by atoms with Gasteiger partial charge in [-0.1, -0.05) is 6.92 Å². The topological polar surface area (TPSA) is 29.1 Å². The summed E-state index contributed by atoms with van der Waals surface area (Å²) >= 11 is 4.42. The van der Waals surface area contributed by atoms with Crippen LogP contribution in [0.4, 0.5) is 0 Å². The summed E-state index contributed by atoms with van der Waals surface area (Å²) in [6.07, 6.45) is 1.95. The average Bonchev–Trinajstić information content (AvgIpc) is 1.83. The van der Waals surface area contributed by atoms with E-state index in [1.807, 2.05) is 0 Å². The minimum absolute atomic E-state index is 0. The minimum atomic E-state index is -0.00824. The van der Waals surface area contributed by atoms with Crippen molar-refractivity contribution < 1.29 is 34.4 Å². The molecule has 0 spiro atoms. The molecule has 1 N–H and O–H groups in total. The third-order valence-corrected chi connectivity index (χ3v) is 0.770. The normalized spacial score (nSPS) is 8.56. The average molecular weight is 153 g/mol. The molecule has 0 aromatic rings. The van der Waals surface area contributed by atoms with E-state index >= 15 is 0 Å². The van der Waals surface area contributed by atoms with E-state index in [-0.39, 0.29) is 35.5 Å². The van der Waals surface area contributed by atoms with Gasteiger partial charge in [-0.15, -0.1) is 0 Å². The molecule has 0 atom stereocenters. The van der Waals surface area contributed by atoms with Crippen LogP contribution in [-0.2, 0) is 17.4 Å². The first kappa shape index (κ1) is 12.1. The van der Waals surface area contributed by atoms with Crippen LogP contribution in [0.3, 0.4) is 0 Å². The first-order chi connectivity index (χ1) is 3.81. The van der Waals surface area contributed by atoms with Crippen molar-refractivity contribution >= 4 is 18.5 Å². The van der Waals surface area contributed by atoms with Crippen molar-refractivity contribution in [1.29, 1.82) is 0 Å². The van der Waals surface area contributed by atoms with Crippen LogP contribution in [0, 0.1) is 0 Å². The summed E-state index contributed by atoms with van der Waals surface area (Å²) in [4.78, 5) is 10.4. The first-order valence-electron chi connectivity index (χ1n) is 2.37. The molecular formula is C5H8NNaOS. The quantitative estimate of drug-likeness (QED) is 0.352. The fraction of sp³-hybridized carbons (Fsp3) is 0.400. The summed E-state index contributed by atoms with van der Waals surface area (Å²) in [5.41, 5.74) is 0. The Balaban J connectivity index is 0. The molecule has 0 aromatic heterocycles. The molecule has 0 unspecified atom stereocenters. The molecule has 4 heteroatoms. The first-order valence-corrected chi connectivity index (χ1v) is 2.84. The summed E-state index contributed by atoms with van der Waals surface area (Å²) in [5.74, 6) is -0.00824. The maximum atomic E-state index is 10.4. The summed E-state index contributed by atoms with van der Waals surface area (Å²) in [5, 5.41) is 3.83. The van der Waals surface area contributed by atoms with Crippen LogP contribution in [0.15, 0.2) is 11.6 Å². The van der Waals surface area contributed by atoms with E-state index in [4.69, 9.17) is 0 Å². The fourth-order valence-corrected chi connectivity index (χ4v) is 0.297. The summed E-state index contributed by atoms with van der Waals surface area (Å²) in [7, 11) is 0. The molecule has 0 saturated carbocycles. The second-order valence-corrected chi connectivity index (χ2v) is 1.50. The molecule has 0 bridgehead atoms. The maximum absolute atomic E-state index is 10.4. The zero-order chi connectivity index (χ0) is 6.41. The van der Waals surface area contributed by atoms with Crippen molar-refractivity contribution in [2.24, 2.45) is 0 Å². The predicted octanol–water partition coefficient (Wildman–Crippen LogP) is -2.47. The second-order valence-electron chi connectivity index (χ2n) is 1.22. The van der Waals surface area contributed by atoms with Crippen LogP contribution in [0.1, 0.15) is 13.3 Å². The Kier molecular flexibility index (Phi) is 11.4. The van der Waals surface area contributed by atoms with E-state index in [9.17, 15) is 4.79 Å². The SMILES string of the molecule is CCC(=O)NC=C[S-].[Na+]. The smallest absolute Gasteiger partial charge is 0.786 e. The maximum Gasteiger partial charge on any atom is 1.00 e. The summed E-state index contributed by atoms with van der Waals surface area (Å²) < 4.78 is 0. The molecule has 0 rings (SSSR count). The van der Waals surface area contributed by atoms with Gasteiger partial charge in [0, 0.05) is 6.42 Å². The molecule has 1 amide bonds. The van der Waals surface area contributed by atoms with E-state index in [1.54, 1.807) is 6.92 Å². The van der Waals surface area contributed by atoms with Crippen LogP contribution in [-0.4, -0.2) is 5.91 Å². The molecule has 0 fully saturated rings. The number of rotatable bonds is 2. The van der Waals surface area contributed by atoms with Crippen LogP contribution in [0.25, 0.3) is 0 Å². The van der Waals surface area contributed by atoms with Crippen LogP contribution < -0.4 is 34.9 Å². The zero-order valence-electron chi connectivity index (χ0n) is 5.68. The molecule has 0 aliphatic carbocycles. The standard InChI is InChI=1S/C5H9NOS.Na/c1-2-5(7)6-3-4-8;/h3-4,8H,2H2,1H3,(H,6,7);/q;+1/p-1. The molecule has 9 heavy (non-hydrogen) atoms. The van der Waals surface area contributed by atoms with Crippen molar-refractivity contribution in [1.82, 2.24) is 5.32 Å². The Morgan fingerprint density at radius 3 is 2.67 bits per heavy atom. The Morgan fingerprint density at radius 2 is 2.33 bits per heavy atom. The number of carbonyl (C=O) groups is 1. The number of amides is 1. The van der Waals surface area contributed by atoms with Crippen molar-refractivity contribution in [2.45, 2.75) is 13.3 Å². The third kappa shape index (κ3) is 8.43. The van der Waals surface area contributed by atoms with E-state index in [1.165, 1.54) is 11.6 Å². The van der Waals surface area contributed by atoms with Gasteiger partial charge in [-0.2, -0.15) is 5.41 Å². The van der Waals surface area contributed by atoms with Gasteiger partial charge in [-0.05, 0) is 6.20 Å². The van der Waals surface area contributed by atoms with Crippen LogP contribution >= 0.6 is 0 Å². The third-order valence-electron chi connectivity index (χ3n) is 0.633. The molecule has 2 nitrogen and oxygen atoms in total. The molecule has 46 valence electrons. The van der Waals surface area contributed by atoms with Gasteiger partial charge >= 0.3 is 29.6 Å². The van der Waals surface area contributed by atoms with E-state index < -0.39 is 0 Å². The van der Waals surface area contributed by atoms with Gasteiger partial charge in [0.05, 0.1) is 0 Å². The number of carbonyl (C=O) groups excluding carboxylic acids is 1.